The molecule has 0 bridgehead atoms. The van der Waals surface area contributed by atoms with Gasteiger partial charge in [0.25, 0.3) is 0 Å². The maximum absolute atomic E-state index is 4.93. The molecule has 1 N–H and O–H groups in total. The molecule has 25 heavy (non-hydrogen) atoms. The first kappa shape index (κ1) is 25.8. The van der Waals surface area contributed by atoms with Crippen LogP contribution < -0.4 is 5.32 Å². The van der Waals surface area contributed by atoms with E-state index in [9.17, 15) is 0 Å². The van der Waals surface area contributed by atoms with Gasteiger partial charge in [-0.3, -0.25) is 4.99 Å². The second-order valence-corrected chi connectivity index (χ2v) is 11.3. The third-order valence-electron chi connectivity index (χ3n) is 4.76. The average Bonchev–Trinajstić information content (AvgIpc) is 3.12. The number of aliphatic imine (C=N–C) groups is 1. The first-order valence-corrected chi connectivity index (χ1v) is 17.8. The van der Waals surface area contributed by atoms with Gasteiger partial charge in [0, 0.05) is 13.0 Å². The average molecular weight is 498 g/mol. The number of amidine groups is 1. The Morgan fingerprint density at radius 2 is 1.16 bits per heavy atom. The van der Waals surface area contributed by atoms with Gasteiger partial charge >= 0.3 is 36.7 Å². The molecule has 0 saturated heterocycles. The third-order valence-corrected chi connectivity index (χ3v) is 4.76. The first-order valence-electron chi connectivity index (χ1n) is 10.6. The fraction of sp³-hybridized carbons (Fsp3) is 0.950. The van der Waals surface area contributed by atoms with E-state index in [2.05, 4.69) is 17.2 Å². The molecule has 1 aliphatic rings. The fourth-order valence-corrected chi connectivity index (χ4v) is 3.28. The minimum absolute atomic E-state index is 0.826. The molecular formula is C20H40Cl2N2Sn. The van der Waals surface area contributed by atoms with Gasteiger partial charge in [-0.2, -0.15) is 0 Å². The topological polar surface area (TPSA) is 24.4 Å². The Bertz CT molecular complexity index is 289. The Balaban J connectivity index is 0.00000178. The number of halogens is 2. The van der Waals surface area contributed by atoms with E-state index in [4.69, 9.17) is 17.8 Å². The summed E-state index contributed by atoms with van der Waals surface area (Å²) in [5.41, 5.74) is 0. The predicted octanol–water partition coefficient (Wildman–Crippen LogP) is 7.25. The normalized spacial score (nSPS) is 13.2. The Kier molecular flexibility index (Phi) is 23.7. The predicted molar refractivity (Wildman–Crippen MR) is 117 cm³/mol. The quantitative estimate of drug-likeness (QED) is 0.176. The molecule has 0 amide bonds. The zero-order valence-corrected chi connectivity index (χ0v) is 20.8. The molecular weight excluding hydrogens is 458 g/mol. The van der Waals surface area contributed by atoms with Crippen LogP contribution in [0.15, 0.2) is 4.99 Å². The molecule has 5 heteroatoms. The Hall–Kier alpha value is 0.849. The molecule has 0 aliphatic carbocycles. The number of unbranched alkanes of at least 4 members (excludes halogenated alkanes) is 14. The number of rotatable bonds is 16. The number of hydrogen-bond donors (Lipinski definition) is 1. The molecule has 0 aromatic rings. The van der Waals surface area contributed by atoms with Crippen LogP contribution in [0.4, 0.5) is 0 Å². The minimum atomic E-state index is -0.826. The van der Waals surface area contributed by atoms with Crippen molar-refractivity contribution in [2.45, 2.75) is 110 Å². The first-order chi connectivity index (χ1) is 12.3. The summed E-state index contributed by atoms with van der Waals surface area (Å²) in [5, 5.41) is 3.36. The van der Waals surface area contributed by atoms with Crippen LogP contribution in [0.5, 0.6) is 0 Å². The molecule has 2 radical (unpaired) electrons. The van der Waals surface area contributed by atoms with Crippen LogP contribution in [0.25, 0.3) is 0 Å². The van der Waals surface area contributed by atoms with Crippen LogP contribution >= 0.6 is 17.8 Å². The molecule has 1 rings (SSSR count). The van der Waals surface area contributed by atoms with Gasteiger partial charge in [-0.1, -0.05) is 96.8 Å². The standard InChI is InChI=1S/C20H40N2.2ClH.Sn/c1-2-3-4-5-6-7-8-9-10-11-12-13-14-15-16-17-20-21-18-19-22-20;;;/h2-19H2,1H3,(H,21,22);2*1H;/q;;;+2/p-2. The van der Waals surface area contributed by atoms with E-state index in [1.807, 2.05) is 0 Å². The van der Waals surface area contributed by atoms with Gasteiger partial charge < -0.3 is 5.32 Å². The van der Waals surface area contributed by atoms with Crippen LogP contribution in [0.3, 0.4) is 0 Å². The summed E-state index contributed by atoms with van der Waals surface area (Å²) in [6.45, 7) is 4.35. The van der Waals surface area contributed by atoms with Crippen LogP contribution in [0.1, 0.15) is 110 Å². The molecule has 0 saturated carbocycles. The SMILES string of the molecule is CCCCCCCCCCCCCCCCCC1=NCCN1.[Cl][Sn][Cl]. The molecule has 1 aliphatic heterocycles. The summed E-state index contributed by atoms with van der Waals surface area (Å²) >= 11 is -0.826. The number of nitrogens with zero attached hydrogens (tertiary/aromatic N) is 1. The summed E-state index contributed by atoms with van der Waals surface area (Å²) < 4.78 is 0. The Morgan fingerprint density at radius 3 is 1.52 bits per heavy atom. The third kappa shape index (κ3) is 21.0. The van der Waals surface area contributed by atoms with E-state index >= 15 is 0 Å². The molecule has 0 aromatic heterocycles. The molecule has 0 atom stereocenters. The van der Waals surface area contributed by atoms with E-state index in [0.29, 0.717) is 0 Å². The monoisotopic (exact) mass is 498 g/mol. The summed E-state index contributed by atoms with van der Waals surface area (Å²) in [4.78, 5) is 4.44. The van der Waals surface area contributed by atoms with Gasteiger partial charge in [0.1, 0.15) is 0 Å². The van der Waals surface area contributed by atoms with E-state index in [-0.39, 0.29) is 0 Å². The Labute approximate surface area is 175 Å². The van der Waals surface area contributed by atoms with Gasteiger partial charge in [-0.25, -0.2) is 0 Å². The Morgan fingerprint density at radius 1 is 0.760 bits per heavy atom. The molecule has 2 nitrogen and oxygen atoms in total. The number of nitrogens with one attached hydrogen (secondary N) is 1. The van der Waals surface area contributed by atoms with Crippen molar-refractivity contribution in [1.29, 1.82) is 0 Å². The zero-order valence-electron chi connectivity index (χ0n) is 16.4. The molecule has 0 fully saturated rings. The van der Waals surface area contributed by atoms with Gasteiger partial charge in [0.05, 0.1) is 12.4 Å². The summed E-state index contributed by atoms with van der Waals surface area (Å²) in [6, 6.07) is 0. The van der Waals surface area contributed by atoms with Crippen LogP contribution in [0, 0.1) is 0 Å². The van der Waals surface area contributed by atoms with Crippen molar-refractivity contribution < 1.29 is 0 Å². The maximum atomic E-state index is 4.93. The van der Waals surface area contributed by atoms with Crippen LogP contribution in [0.2, 0.25) is 0 Å². The van der Waals surface area contributed by atoms with Crippen LogP contribution in [-0.2, 0) is 0 Å². The van der Waals surface area contributed by atoms with Gasteiger partial charge in [-0.15, -0.1) is 0 Å². The second-order valence-electron chi connectivity index (χ2n) is 7.03. The van der Waals surface area contributed by atoms with Crippen molar-refractivity contribution >= 4 is 42.6 Å². The summed E-state index contributed by atoms with van der Waals surface area (Å²) in [6.07, 6.45) is 22.8. The van der Waals surface area contributed by atoms with Gasteiger partial charge in [0.15, 0.2) is 0 Å². The van der Waals surface area contributed by atoms with E-state index in [1.165, 1.54) is 109 Å². The second kappa shape index (κ2) is 22.9. The van der Waals surface area contributed by atoms with Gasteiger partial charge in [-0.05, 0) is 6.42 Å². The van der Waals surface area contributed by atoms with E-state index in [0.717, 1.165) is 13.1 Å². The van der Waals surface area contributed by atoms with E-state index < -0.39 is 18.9 Å². The number of hydrogen-bond acceptors (Lipinski definition) is 2. The molecule has 0 aromatic carbocycles. The van der Waals surface area contributed by atoms with Gasteiger partial charge in [0.2, 0.25) is 0 Å². The van der Waals surface area contributed by atoms with Crippen molar-refractivity contribution in [2.75, 3.05) is 13.1 Å². The molecule has 0 unspecified atom stereocenters. The van der Waals surface area contributed by atoms with Crippen molar-refractivity contribution in [3.05, 3.63) is 0 Å². The zero-order chi connectivity index (χ0) is 18.4. The fourth-order valence-electron chi connectivity index (χ4n) is 3.28. The molecule has 1 heterocycles. The molecule has 0 spiro atoms. The summed E-state index contributed by atoms with van der Waals surface area (Å²) in [7, 11) is 9.87. The van der Waals surface area contributed by atoms with Crippen molar-refractivity contribution in [2.24, 2.45) is 4.99 Å². The van der Waals surface area contributed by atoms with E-state index in [1.54, 1.807) is 0 Å². The molecule has 148 valence electrons. The van der Waals surface area contributed by atoms with Crippen molar-refractivity contribution in [3.8, 4) is 0 Å². The van der Waals surface area contributed by atoms with Crippen molar-refractivity contribution in [3.63, 3.8) is 0 Å². The van der Waals surface area contributed by atoms with Crippen LogP contribution in [-0.4, -0.2) is 37.8 Å². The van der Waals surface area contributed by atoms with Crippen molar-refractivity contribution in [1.82, 2.24) is 5.32 Å². The summed E-state index contributed by atoms with van der Waals surface area (Å²) in [5.74, 6) is 1.26.